The predicted octanol–water partition coefficient (Wildman–Crippen LogP) is 4.16. The van der Waals surface area contributed by atoms with Gasteiger partial charge in [-0.05, 0) is 68.4 Å². The fourth-order valence-electron chi connectivity index (χ4n) is 5.12. The Morgan fingerprint density at radius 1 is 1.15 bits per heavy atom. The zero-order valence-electron chi connectivity index (χ0n) is 15.7. The van der Waals surface area contributed by atoms with Gasteiger partial charge in [0.05, 0.1) is 18.8 Å². The summed E-state index contributed by atoms with van der Waals surface area (Å²) in [5.41, 5.74) is 0. The summed E-state index contributed by atoms with van der Waals surface area (Å²) in [5, 5.41) is 5.62. The van der Waals surface area contributed by atoms with Crippen LogP contribution in [-0.2, 0) is 16.1 Å². The second-order valence-corrected chi connectivity index (χ2v) is 9.30. The summed E-state index contributed by atoms with van der Waals surface area (Å²) in [4.78, 5) is 16.3. The number of carbonyl (C=O) groups is 1. The van der Waals surface area contributed by atoms with Crippen molar-refractivity contribution in [3.05, 3.63) is 22.4 Å². The molecule has 0 bridgehead atoms. The lowest BCUT2D eigenvalue weighted by Gasteiger charge is -2.36. The number of nitrogens with zero attached hydrogens (tertiary/aromatic N) is 1. The van der Waals surface area contributed by atoms with Gasteiger partial charge in [0.25, 0.3) is 0 Å². The van der Waals surface area contributed by atoms with Crippen LogP contribution in [0.1, 0.15) is 62.7 Å². The molecule has 1 saturated heterocycles. The Balaban J connectivity index is 1.33. The van der Waals surface area contributed by atoms with Crippen molar-refractivity contribution in [2.24, 2.45) is 11.8 Å². The number of fused-ring (bicyclic) bond motifs is 1. The molecule has 5 heteroatoms. The Kier molecular flexibility index (Phi) is 6.28. The number of amides is 1. The van der Waals surface area contributed by atoms with Gasteiger partial charge in [-0.2, -0.15) is 0 Å². The smallest absolute Gasteiger partial charge is 0.250 e. The Morgan fingerprint density at radius 2 is 2.08 bits per heavy atom. The van der Waals surface area contributed by atoms with Gasteiger partial charge in [0.1, 0.15) is 6.61 Å². The molecule has 1 amide bonds. The Hall–Kier alpha value is -0.910. The van der Waals surface area contributed by atoms with Gasteiger partial charge in [-0.3, -0.25) is 10.1 Å². The second kappa shape index (κ2) is 8.85. The normalized spacial score (nSPS) is 31.5. The lowest BCUT2D eigenvalue weighted by atomic mass is 9.80. The number of hydrogen-bond donors (Lipinski definition) is 1. The van der Waals surface area contributed by atoms with Crippen LogP contribution in [0.2, 0.25) is 0 Å². The SMILES string of the molecule is O=C(COC1CCC2CCCC2C1)N(Cc1cccs1)C1CCCCN1. The maximum absolute atomic E-state index is 13.0. The molecular weight excluding hydrogens is 344 g/mol. The van der Waals surface area contributed by atoms with E-state index in [0.29, 0.717) is 12.6 Å². The third-order valence-corrected chi connectivity index (χ3v) is 7.43. The van der Waals surface area contributed by atoms with Gasteiger partial charge >= 0.3 is 0 Å². The van der Waals surface area contributed by atoms with E-state index >= 15 is 0 Å². The molecule has 2 heterocycles. The Bertz CT molecular complexity index is 571. The first-order valence-electron chi connectivity index (χ1n) is 10.5. The molecule has 2 saturated carbocycles. The van der Waals surface area contributed by atoms with E-state index in [1.807, 2.05) is 4.90 Å². The molecule has 0 radical (unpaired) electrons. The fourth-order valence-corrected chi connectivity index (χ4v) is 5.83. The summed E-state index contributed by atoms with van der Waals surface area (Å²) in [5.74, 6) is 1.93. The van der Waals surface area contributed by atoms with E-state index in [4.69, 9.17) is 4.74 Å². The molecule has 0 aromatic carbocycles. The fraction of sp³-hybridized carbons (Fsp3) is 0.762. The van der Waals surface area contributed by atoms with Crippen molar-refractivity contribution in [2.45, 2.75) is 76.6 Å². The van der Waals surface area contributed by atoms with Gasteiger partial charge in [-0.1, -0.05) is 25.3 Å². The van der Waals surface area contributed by atoms with E-state index < -0.39 is 0 Å². The van der Waals surface area contributed by atoms with Crippen LogP contribution in [-0.4, -0.2) is 36.2 Å². The minimum Gasteiger partial charge on any atom is -0.368 e. The molecule has 2 aliphatic carbocycles. The molecule has 3 aliphatic rings. The second-order valence-electron chi connectivity index (χ2n) is 8.26. The van der Waals surface area contributed by atoms with Crippen LogP contribution in [0.4, 0.5) is 0 Å². The molecule has 144 valence electrons. The van der Waals surface area contributed by atoms with E-state index in [0.717, 1.165) is 31.2 Å². The average Bonchev–Trinajstić information content (AvgIpc) is 3.36. The molecule has 3 fully saturated rings. The third-order valence-electron chi connectivity index (χ3n) is 6.57. The highest BCUT2D eigenvalue weighted by molar-refractivity contribution is 7.09. The minimum absolute atomic E-state index is 0.145. The van der Waals surface area contributed by atoms with E-state index in [9.17, 15) is 4.79 Å². The molecule has 1 aliphatic heterocycles. The molecule has 1 N–H and O–H groups in total. The molecule has 4 rings (SSSR count). The maximum Gasteiger partial charge on any atom is 0.250 e. The zero-order valence-corrected chi connectivity index (χ0v) is 16.5. The van der Waals surface area contributed by atoms with Crippen molar-refractivity contribution in [3.63, 3.8) is 0 Å². The molecule has 26 heavy (non-hydrogen) atoms. The summed E-state index contributed by atoms with van der Waals surface area (Å²) in [6.07, 6.45) is 11.7. The predicted molar refractivity (Wildman–Crippen MR) is 105 cm³/mol. The van der Waals surface area contributed by atoms with Crippen molar-refractivity contribution in [2.75, 3.05) is 13.2 Å². The Morgan fingerprint density at radius 3 is 2.88 bits per heavy atom. The topological polar surface area (TPSA) is 41.6 Å². The van der Waals surface area contributed by atoms with Crippen LogP contribution in [0.3, 0.4) is 0 Å². The maximum atomic E-state index is 13.0. The minimum atomic E-state index is 0.145. The number of piperidine rings is 1. The summed E-state index contributed by atoms with van der Waals surface area (Å²) in [6.45, 7) is 1.95. The number of rotatable bonds is 6. The number of carbonyl (C=O) groups excluding carboxylic acids is 1. The summed E-state index contributed by atoms with van der Waals surface area (Å²) in [6, 6.07) is 4.18. The van der Waals surface area contributed by atoms with Crippen molar-refractivity contribution in [1.82, 2.24) is 10.2 Å². The Labute approximate surface area is 161 Å². The van der Waals surface area contributed by atoms with Gasteiger partial charge in [0, 0.05) is 4.88 Å². The van der Waals surface area contributed by atoms with Gasteiger partial charge in [-0.25, -0.2) is 0 Å². The van der Waals surface area contributed by atoms with Crippen molar-refractivity contribution in [1.29, 1.82) is 0 Å². The summed E-state index contributed by atoms with van der Waals surface area (Å²) in [7, 11) is 0. The average molecular weight is 377 g/mol. The molecule has 1 aromatic rings. The zero-order chi connectivity index (χ0) is 17.8. The first kappa shape index (κ1) is 18.5. The standard InChI is InChI=1S/C21H32N2O2S/c24-21(15-25-18-10-9-16-5-3-6-17(16)13-18)23(14-19-7-4-12-26-19)20-8-1-2-11-22-20/h4,7,12,16-18,20,22H,1-3,5-6,8-11,13-15H2. The van der Waals surface area contributed by atoms with Gasteiger partial charge < -0.3 is 9.64 Å². The van der Waals surface area contributed by atoms with Crippen LogP contribution in [0.5, 0.6) is 0 Å². The lowest BCUT2D eigenvalue weighted by Crippen LogP contribution is -2.51. The molecule has 4 atom stereocenters. The van der Waals surface area contributed by atoms with Crippen LogP contribution in [0.25, 0.3) is 0 Å². The lowest BCUT2D eigenvalue weighted by molar-refractivity contribution is -0.143. The van der Waals surface area contributed by atoms with Crippen molar-refractivity contribution < 1.29 is 9.53 Å². The van der Waals surface area contributed by atoms with E-state index in [-0.39, 0.29) is 18.7 Å². The van der Waals surface area contributed by atoms with E-state index in [1.165, 1.54) is 49.8 Å². The van der Waals surface area contributed by atoms with Crippen LogP contribution >= 0.6 is 11.3 Å². The quantitative estimate of drug-likeness (QED) is 0.810. The largest absolute Gasteiger partial charge is 0.368 e. The summed E-state index contributed by atoms with van der Waals surface area (Å²) < 4.78 is 6.13. The molecule has 0 spiro atoms. The van der Waals surface area contributed by atoms with Crippen molar-refractivity contribution in [3.8, 4) is 0 Å². The first-order valence-corrected chi connectivity index (χ1v) is 11.3. The van der Waals surface area contributed by atoms with E-state index in [2.05, 4.69) is 22.8 Å². The van der Waals surface area contributed by atoms with Crippen LogP contribution in [0, 0.1) is 11.8 Å². The summed E-state index contributed by atoms with van der Waals surface area (Å²) >= 11 is 1.73. The highest BCUT2D eigenvalue weighted by atomic mass is 32.1. The first-order chi connectivity index (χ1) is 12.8. The highest BCUT2D eigenvalue weighted by Crippen LogP contribution is 2.42. The van der Waals surface area contributed by atoms with Crippen molar-refractivity contribution >= 4 is 17.2 Å². The molecule has 1 aromatic heterocycles. The molecule has 4 nitrogen and oxygen atoms in total. The molecular formula is C21H32N2O2S. The number of thiophene rings is 1. The monoisotopic (exact) mass is 376 g/mol. The number of ether oxygens (including phenoxy) is 1. The van der Waals surface area contributed by atoms with Gasteiger partial charge in [0.15, 0.2) is 0 Å². The van der Waals surface area contributed by atoms with Gasteiger partial charge in [-0.15, -0.1) is 11.3 Å². The van der Waals surface area contributed by atoms with Crippen LogP contribution < -0.4 is 5.32 Å². The molecule has 4 unspecified atom stereocenters. The number of nitrogens with one attached hydrogen (secondary N) is 1. The van der Waals surface area contributed by atoms with Crippen LogP contribution in [0.15, 0.2) is 17.5 Å². The number of hydrogen-bond acceptors (Lipinski definition) is 4. The third kappa shape index (κ3) is 4.49. The van der Waals surface area contributed by atoms with Gasteiger partial charge in [0.2, 0.25) is 5.91 Å². The van der Waals surface area contributed by atoms with E-state index in [1.54, 1.807) is 11.3 Å². The highest BCUT2D eigenvalue weighted by Gasteiger charge is 2.35.